The molecule has 6 atom stereocenters. The van der Waals surface area contributed by atoms with Crippen molar-refractivity contribution in [3.8, 4) is 0 Å². The Morgan fingerprint density at radius 3 is 2.73 bits per heavy atom. The van der Waals surface area contributed by atoms with Gasteiger partial charge >= 0.3 is 5.97 Å². The minimum atomic E-state index is -1.85. The second-order valence-corrected chi connectivity index (χ2v) is 7.27. The van der Waals surface area contributed by atoms with Gasteiger partial charge in [0, 0.05) is 29.6 Å². The molecule has 0 spiro atoms. The number of hydrogen-bond acceptors (Lipinski definition) is 7. The first-order valence-corrected chi connectivity index (χ1v) is 8.61. The molecule has 1 saturated carbocycles. The average Bonchev–Trinajstić information content (AvgIpc) is 2.89. The van der Waals surface area contributed by atoms with Crippen LogP contribution in [0.5, 0.6) is 0 Å². The van der Waals surface area contributed by atoms with Gasteiger partial charge in [0.05, 0.1) is 13.2 Å². The van der Waals surface area contributed by atoms with Crippen LogP contribution in [0.2, 0.25) is 5.02 Å². The van der Waals surface area contributed by atoms with E-state index in [0.29, 0.717) is 0 Å². The third kappa shape index (κ3) is 3.00. The highest BCUT2D eigenvalue weighted by molar-refractivity contribution is 6.31. The van der Waals surface area contributed by atoms with Crippen LogP contribution in [-0.4, -0.2) is 74.4 Å². The molecule has 0 radical (unpaired) electrons. The zero-order valence-corrected chi connectivity index (χ0v) is 14.8. The SMILES string of the molecule is COC(=O)[C@@H]1C[C@@]2(O)[C@H](O)[C@H](O)[C@H](O)C[C@H]2N1Cc1c(F)cccc1Cl. The highest BCUT2D eigenvalue weighted by Crippen LogP contribution is 2.45. The quantitative estimate of drug-likeness (QED) is 0.530. The van der Waals surface area contributed by atoms with Crippen LogP contribution in [0, 0.1) is 5.82 Å². The van der Waals surface area contributed by atoms with Gasteiger partial charge in [0.2, 0.25) is 0 Å². The minimum Gasteiger partial charge on any atom is -0.468 e. The summed E-state index contributed by atoms with van der Waals surface area (Å²) in [5, 5.41) is 41.4. The average molecular weight is 390 g/mol. The fourth-order valence-electron chi connectivity index (χ4n) is 4.04. The van der Waals surface area contributed by atoms with Gasteiger partial charge in [0.15, 0.2) is 0 Å². The summed E-state index contributed by atoms with van der Waals surface area (Å²) in [5.41, 5.74) is -1.72. The van der Waals surface area contributed by atoms with E-state index in [1.807, 2.05) is 0 Å². The Morgan fingerprint density at radius 1 is 1.42 bits per heavy atom. The number of aliphatic hydroxyl groups is 4. The number of benzene rings is 1. The standard InChI is InChI=1S/C17H21ClFNO6/c1-26-16(24)11-6-17(25)13(5-12(21)14(22)15(17)23)20(11)7-8-9(18)3-2-4-10(8)19/h2-4,11-15,21-23,25H,5-7H2,1H3/t11-,12+,13+,14+,15+,17-/m0/s1. The summed E-state index contributed by atoms with van der Waals surface area (Å²) >= 11 is 6.08. The molecule has 1 aromatic carbocycles. The van der Waals surface area contributed by atoms with E-state index in [1.54, 1.807) is 0 Å². The predicted octanol–water partition coefficient (Wildman–Crippen LogP) is -0.188. The molecule has 26 heavy (non-hydrogen) atoms. The third-order valence-corrected chi connectivity index (χ3v) is 5.82. The number of ether oxygens (including phenoxy) is 1. The molecule has 0 aromatic heterocycles. The predicted molar refractivity (Wildman–Crippen MR) is 88.7 cm³/mol. The number of likely N-dealkylation sites (tertiary alicyclic amines) is 1. The number of carbonyl (C=O) groups excluding carboxylic acids is 1. The summed E-state index contributed by atoms with van der Waals surface area (Å²) < 4.78 is 19.0. The Kier molecular flexibility index (Phi) is 5.26. The molecule has 2 aliphatic rings. The number of halogens is 2. The number of methoxy groups -OCH3 is 1. The maximum Gasteiger partial charge on any atom is 0.323 e. The Balaban J connectivity index is 2.01. The smallest absolute Gasteiger partial charge is 0.323 e. The second-order valence-electron chi connectivity index (χ2n) is 6.86. The Bertz CT molecular complexity index is 686. The van der Waals surface area contributed by atoms with Crippen LogP contribution in [0.15, 0.2) is 18.2 Å². The number of aliphatic hydroxyl groups excluding tert-OH is 3. The third-order valence-electron chi connectivity index (χ3n) is 5.47. The number of carbonyl (C=O) groups is 1. The molecule has 1 saturated heterocycles. The van der Waals surface area contributed by atoms with Gasteiger partial charge in [-0.15, -0.1) is 0 Å². The molecule has 1 aromatic rings. The number of hydrogen-bond donors (Lipinski definition) is 4. The first-order valence-electron chi connectivity index (χ1n) is 8.23. The van der Waals surface area contributed by atoms with Crippen molar-refractivity contribution < 1.29 is 34.3 Å². The number of rotatable bonds is 3. The summed E-state index contributed by atoms with van der Waals surface area (Å²) in [7, 11) is 1.18. The Labute approximate surface area is 154 Å². The van der Waals surface area contributed by atoms with Crippen molar-refractivity contribution in [2.45, 2.75) is 55.4 Å². The number of fused-ring (bicyclic) bond motifs is 1. The van der Waals surface area contributed by atoms with E-state index in [2.05, 4.69) is 0 Å². The molecule has 1 aliphatic heterocycles. The van der Waals surface area contributed by atoms with E-state index in [-0.39, 0.29) is 30.0 Å². The van der Waals surface area contributed by atoms with Crippen molar-refractivity contribution >= 4 is 17.6 Å². The van der Waals surface area contributed by atoms with E-state index in [4.69, 9.17) is 16.3 Å². The molecule has 3 rings (SSSR count). The lowest BCUT2D eigenvalue weighted by Crippen LogP contribution is -2.64. The topological polar surface area (TPSA) is 110 Å². The summed E-state index contributed by atoms with van der Waals surface area (Å²) in [4.78, 5) is 13.7. The summed E-state index contributed by atoms with van der Waals surface area (Å²) in [5.74, 6) is -1.25. The van der Waals surface area contributed by atoms with Crippen LogP contribution >= 0.6 is 11.6 Å². The Hall–Kier alpha value is -1.29. The largest absolute Gasteiger partial charge is 0.468 e. The van der Waals surface area contributed by atoms with Gasteiger partial charge in [-0.2, -0.15) is 0 Å². The first-order chi connectivity index (χ1) is 12.2. The molecule has 0 amide bonds. The lowest BCUT2D eigenvalue weighted by atomic mass is 9.75. The van der Waals surface area contributed by atoms with Crippen molar-refractivity contribution in [3.05, 3.63) is 34.6 Å². The van der Waals surface area contributed by atoms with Crippen LogP contribution in [0.4, 0.5) is 4.39 Å². The number of esters is 1. The molecule has 0 bridgehead atoms. The first kappa shape index (κ1) is 19.5. The van der Waals surface area contributed by atoms with Gasteiger partial charge < -0.3 is 25.2 Å². The lowest BCUT2D eigenvalue weighted by molar-refractivity contribution is -0.197. The van der Waals surface area contributed by atoms with Gasteiger partial charge in [-0.3, -0.25) is 9.69 Å². The fourth-order valence-corrected chi connectivity index (χ4v) is 4.26. The fraction of sp³-hybridized carbons (Fsp3) is 0.588. The van der Waals surface area contributed by atoms with E-state index >= 15 is 0 Å². The van der Waals surface area contributed by atoms with Gasteiger partial charge in [-0.1, -0.05) is 17.7 Å². The van der Waals surface area contributed by atoms with Crippen molar-refractivity contribution in [2.75, 3.05) is 7.11 Å². The molecular weight excluding hydrogens is 369 g/mol. The van der Waals surface area contributed by atoms with E-state index in [9.17, 15) is 29.6 Å². The molecule has 7 nitrogen and oxygen atoms in total. The van der Waals surface area contributed by atoms with Gasteiger partial charge in [0.1, 0.15) is 29.7 Å². The number of nitrogens with zero attached hydrogens (tertiary/aromatic N) is 1. The van der Waals surface area contributed by atoms with E-state index in [1.165, 1.54) is 30.2 Å². The molecule has 0 unspecified atom stereocenters. The van der Waals surface area contributed by atoms with Crippen molar-refractivity contribution in [2.24, 2.45) is 0 Å². The van der Waals surface area contributed by atoms with E-state index < -0.39 is 47.8 Å². The van der Waals surface area contributed by atoms with Crippen LogP contribution in [-0.2, 0) is 16.1 Å². The second kappa shape index (κ2) is 7.03. The van der Waals surface area contributed by atoms with Crippen LogP contribution in [0.1, 0.15) is 18.4 Å². The maximum atomic E-state index is 14.2. The van der Waals surface area contributed by atoms with E-state index in [0.717, 1.165) is 0 Å². The highest BCUT2D eigenvalue weighted by Gasteiger charge is 2.62. The van der Waals surface area contributed by atoms with Crippen molar-refractivity contribution in [3.63, 3.8) is 0 Å². The van der Waals surface area contributed by atoms with Crippen molar-refractivity contribution in [1.29, 1.82) is 0 Å². The van der Waals surface area contributed by atoms with Crippen LogP contribution in [0.25, 0.3) is 0 Å². The lowest BCUT2D eigenvalue weighted by Gasteiger charge is -2.45. The van der Waals surface area contributed by atoms with Gasteiger partial charge in [-0.05, 0) is 18.6 Å². The normalized spacial score (nSPS) is 37.4. The zero-order valence-electron chi connectivity index (χ0n) is 14.0. The van der Waals surface area contributed by atoms with Crippen molar-refractivity contribution in [1.82, 2.24) is 4.90 Å². The molecule has 144 valence electrons. The van der Waals surface area contributed by atoms with Crippen LogP contribution < -0.4 is 0 Å². The molecule has 1 heterocycles. The summed E-state index contributed by atoms with van der Waals surface area (Å²) in [6, 6.07) is 2.30. The summed E-state index contributed by atoms with van der Waals surface area (Å²) in [6.07, 6.45) is -4.84. The highest BCUT2D eigenvalue weighted by atomic mass is 35.5. The monoisotopic (exact) mass is 389 g/mol. The van der Waals surface area contributed by atoms with Gasteiger partial charge in [0.25, 0.3) is 0 Å². The Morgan fingerprint density at radius 2 is 2.12 bits per heavy atom. The molecule has 2 fully saturated rings. The van der Waals surface area contributed by atoms with Crippen LogP contribution in [0.3, 0.4) is 0 Å². The summed E-state index contributed by atoms with van der Waals surface area (Å²) in [6.45, 7) is -0.131. The minimum absolute atomic E-state index is 0.103. The van der Waals surface area contributed by atoms with Gasteiger partial charge in [-0.25, -0.2) is 4.39 Å². The molecule has 4 N–H and O–H groups in total. The molecule has 9 heteroatoms. The molecule has 1 aliphatic carbocycles. The maximum absolute atomic E-state index is 14.2. The zero-order chi connectivity index (χ0) is 19.2. The molecular formula is C17H21ClFNO6.